The quantitative estimate of drug-likeness (QED) is 0.0263. The van der Waals surface area contributed by atoms with E-state index in [0.717, 1.165) is 64.2 Å². The van der Waals surface area contributed by atoms with E-state index in [0.29, 0.717) is 19.3 Å². The first-order valence-electron chi connectivity index (χ1n) is 26.7. The minimum atomic E-state index is -0.767. The molecule has 0 bridgehead atoms. The maximum Gasteiger partial charge on any atom is 0.306 e. The van der Waals surface area contributed by atoms with Crippen molar-refractivity contribution in [2.75, 3.05) is 13.2 Å². The van der Waals surface area contributed by atoms with Crippen molar-refractivity contribution in [2.24, 2.45) is 0 Å². The van der Waals surface area contributed by atoms with E-state index >= 15 is 0 Å². The largest absolute Gasteiger partial charge is 0.462 e. The maximum absolute atomic E-state index is 12.7. The monoisotopic (exact) mass is 847 g/mol. The Morgan fingerprint density at radius 1 is 0.317 bits per heavy atom. The van der Waals surface area contributed by atoms with Gasteiger partial charge in [-0.05, 0) is 38.5 Å². The molecule has 0 spiro atoms. The number of carbonyl (C=O) groups excluding carboxylic acids is 3. The summed E-state index contributed by atoms with van der Waals surface area (Å²) < 4.78 is 16.8. The van der Waals surface area contributed by atoms with Gasteiger partial charge in [0.05, 0.1) is 0 Å². The molecule has 0 heterocycles. The van der Waals surface area contributed by atoms with Gasteiger partial charge in [-0.1, -0.05) is 251 Å². The van der Waals surface area contributed by atoms with E-state index in [-0.39, 0.29) is 31.1 Å². The smallest absolute Gasteiger partial charge is 0.306 e. The highest BCUT2D eigenvalue weighted by atomic mass is 16.6. The predicted molar refractivity (Wildman–Crippen MR) is 256 cm³/mol. The molecule has 0 aliphatic rings. The Labute approximate surface area is 373 Å². The van der Waals surface area contributed by atoms with Crippen molar-refractivity contribution in [3.63, 3.8) is 0 Å². The molecule has 0 aromatic rings. The first-order valence-corrected chi connectivity index (χ1v) is 26.7. The van der Waals surface area contributed by atoms with Crippen LogP contribution in [0.2, 0.25) is 0 Å². The second-order valence-electron chi connectivity index (χ2n) is 18.2. The summed E-state index contributed by atoms with van der Waals surface area (Å²) in [6, 6.07) is 0. The highest BCUT2D eigenvalue weighted by Crippen LogP contribution is 2.17. The maximum atomic E-state index is 12.7. The van der Waals surface area contributed by atoms with Crippen molar-refractivity contribution in [1.82, 2.24) is 0 Å². The van der Waals surface area contributed by atoms with Gasteiger partial charge in [-0.2, -0.15) is 0 Å². The molecule has 1 atom stereocenters. The molecule has 0 saturated heterocycles. The van der Waals surface area contributed by atoms with Crippen LogP contribution in [0.25, 0.3) is 0 Å². The van der Waals surface area contributed by atoms with Gasteiger partial charge in [0.15, 0.2) is 6.10 Å². The number of esters is 3. The van der Waals surface area contributed by atoms with E-state index in [2.05, 4.69) is 32.9 Å². The Hall–Kier alpha value is -1.85. The molecule has 0 N–H and O–H groups in total. The Kier molecular flexibility index (Phi) is 48.3. The van der Waals surface area contributed by atoms with E-state index in [1.165, 1.54) is 193 Å². The minimum Gasteiger partial charge on any atom is -0.462 e. The number of allylic oxidation sites excluding steroid dienone is 2. The third kappa shape index (κ3) is 47.2. The summed E-state index contributed by atoms with van der Waals surface area (Å²) in [6.07, 6.45) is 54.9. The molecule has 0 unspecified atom stereocenters. The Balaban J connectivity index is 4.24. The van der Waals surface area contributed by atoms with Crippen LogP contribution >= 0.6 is 0 Å². The van der Waals surface area contributed by atoms with Gasteiger partial charge in [0.25, 0.3) is 0 Å². The zero-order valence-corrected chi connectivity index (χ0v) is 40.5. The third-order valence-corrected chi connectivity index (χ3v) is 12.0. The van der Waals surface area contributed by atoms with Gasteiger partial charge < -0.3 is 14.2 Å². The van der Waals surface area contributed by atoms with Crippen molar-refractivity contribution in [1.29, 1.82) is 0 Å². The zero-order chi connectivity index (χ0) is 43.7. The number of unbranched alkanes of at least 4 members (excludes halogenated alkanes) is 36. The van der Waals surface area contributed by atoms with E-state index in [4.69, 9.17) is 14.2 Å². The SMILES string of the molecule is CCCC/C=C\CCCCCCCC(=O)O[C@@H](COC(=O)CCCCCCCCCCCCCC)COC(=O)CCCCCCCCCCCCCCCCCCCCC. The van der Waals surface area contributed by atoms with Crippen LogP contribution in [0.1, 0.15) is 297 Å². The molecule has 6 heteroatoms. The summed E-state index contributed by atoms with van der Waals surface area (Å²) in [5.74, 6) is -0.861. The number of carbonyl (C=O) groups is 3. The van der Waals surface area contributed by atoms with Crippen molar-refractivity contribution >= 4 is 17.9 Å². The molecule has 0 aliphatic heterocycles. The molecule has 0 rings (SSSR count). The highest BCUT2D eigenvalue weighted by molar-refractivity contribution is 5.71. The summed E-state index contributed by atoms with van der Waals surface area (Å²) >= 11 is 0. The standard InChI is InChI=1S/C54H102O6/c1-4-7-10-13-16-19-22-24-25-26-27-28-29-30-33-35-38-41-44-47-53(56)59-50-51(60-54(57)48-45-42-39-36-31-21-18-15-12-9-6-3)49-58-52(55)46-43-40-37-34-32-23-20-17-14-11-8-5-2/h15,18,51H,4-14,16-17,19-50H2,1-3H3/b18-15-/t51-/m0/s1. The van der Waals surface area contributed by atoms with Crippen LogP contribution < -0.4 is 0 Å². The van der Waals surface area contributed by atoms with E-state index in [1.807, 2.05) is 0 Å². The molecular weight excluding hydrogens is 745 g/mol. The van der Waals surface area contributed by atoms with Gasteiger partial charge in [-0.15, -0.1) is 0 Å². The molecule has 0 aromatic carbocycles. The summed E-state index contributed by atoms with van der Waals surface area (Å²) in [6.45, 7) is 6.63. The Morgan fingerprint density at radius 2 is 0.567 bits per heavy atom. The van der Waals surface area contributed by atoms with E-state index in [1.54, 1.807) is 0 Å². The van der Waals surface area contributed by atoms with Crippen LogP contribution in [0.15, 0.2) is 12.2 Å². The highest BCUT2D eigenvalue weighted by Gasteiger charge is 2.19. The normalized spacial score (nSPS) is 12.0. The first kappa shape index (κ1) is 58.1. The number of ether oxygens (including phenoxy) is 3. The molecule has 0 fully saturated rings. The Bertz CT molecular complexity index is 931. The lowest BCUT2D eigenvalue weighted by molar-refractivity contribution is -0.167. The predicted octanol–water partition coefficient (Wildman–Crippen LogP) is 17.4. The molecule has 0 amide bonds. The number of rotatable bonds is 49. The van der Waals surface area contributed by atoms with Crippen molar-refractivity contribution in [2.45, 2.75) is 303 Å². The molecular formula is C54H102O6. The molecule has 354 valence electrons. The van der Waals surface area contributed by atoms with Crippen LogP contribution in [0.4, 0.5) is 0 Å². The van der Waals surface area contributed by atoms with Gasteiger partial charge in [-0.3, -0.25) is 14.4 Å². The van der Waals surface area contributed by atoms with E-state index in [9.17, 15) is 14.4 Å². The van der Waals surface area contributed by atoms with E-state index < -0.39 is 6.10 Å². The van der Waals surface area contributed by atoms with Crippen LogP contribution in [-0.4, -0.2) is 37.2 Å². The van der Waals surface area contributed by atoms with Crippen LogP contribution in [0.5, 0.6) is 0 Å². The summed E-state index contributed by atoms with van der Waals surface area (Å²) in [4.78, 5) is 37.9. The van der Waals surface area contributed by atoms with Crippen molar-refractivity contribution in [3.05, 3.63) is 12.2 Å². The fourth-order valence-electron chi connectivity index (χ4n) is 7.95. The zero-order valence-electron chi connectivity index (χ0n) is 40.5. The second-order valence-corrected chi connectivity index (χ2v) is 18.2. The van der Waals surface area contributed by atoms with Crippen molar-refractivity contribution < 1.29 is 28.6 Å². The molecule has 6 nitrogen and oxygen atoms in total. The fourth-order valence-corrected chi connectivity index (χ4v) is 7.95. The Morgan fingerprint density at radius 3 is 0.883 bits per heavy atom. The van der Waals surface area contributed by atoms with Crippen molar-refractivity contribution in [3.8, 4) is 0 Å². The summed E-state index contributed by atoms with van der Waals surface area (Å²) in [5.41, 5.74) is 0. The molecule has 0 aromatic heterocycles. The van der Waals surface area contributed by atoms with Crippen LogP contribution in [-0.2, 0) is 28.6 Å². The molecule has 60 heavy (non-hydrogen) atoms. The van der Waals surface area contributed by atoms with Gasteiger partial charge in [0.1, 0.15) is 13.2 Å². The second kappa shape index (κ2) is 49.8. The lowest BCUT2D eigenvalue weighted by Crippen LogP contribution is -2.30. The molecule has 0 aliphatic carbocycles. The number of hydrogen-bond acceptors (Lipinski definition) is 6. The lowest BCUT2D eigenvalue weighted by atomic mass is 10.0. The van der Waals surface area contributed by atoms with Gasteiger partial charge in [-0.25, -0.2) is 0 Å². The third-order valence-electron chi connectivity index (χ3n) is 12.0. The van der Waals surface area contributed by atoms with Crippen LogP contribution in [0, 0.1) is 0 Å². The van der Waals surface area contributed by atoms with Crippen LogP contribution in [0.3, 0.4) is 0 Å². The van der Waals surface area contributed by atoms with Gasteiger partial charge >= 0.3 is 17.9 Å². The molecule has 0 saturated carbocycles. The minimum absolute atomic E-state index is 0.0681. The molecule has 0 radical (unpaired) electrons. The fraction of sp³-hybridized carbons (Fsp3) is 0.907. The average Bonchev–Trinajstić information content (AvgIpc) is 3.24. The number of hydrogen-bond donors (Lipinski definition) is 0. The first-order chi connectivity index (χ1) is 29.5. The van der Waals surface area contributed by atoms with Gasteiger partial charge in [0, 0.05) is 19.3 Å². The topological polar surface area (TPSA) is 78.9 Å². The lowest BCUT2D eigenvalue weighted by Gasteiger charge is -2.18. The summed E-state index contributed by atoms with van der Waals surface area (Å²) in [7, 11) is 0. The van der Waals surface area contributed by atoms with Gasteiger partial charge in [0.2, 0.25) is 0 Å². The summed E-state index contributed by atoms with van der Waals surface area (Å²) in [5, 5.41) is 0. The average molecular weight is 847 g/mol.